The topological polar surface area (TPSA) is 133 Å². The molecule has 2 N–H and O–H groups in total. The lowest BCUT2D eigenvalue weighted by Crippen LogP contribution is -2.49. The fourth-order valence-electron chi connectivity index (χ4n) is 4.39. The number of sulfonamides is 1. The van der Waals surface area contributed by atoms with Gasteiger partial charge < -0.3 is 15.0 Å². The van der Waals surface area contributed by atoms with Gasteiger partial charge in [-0.3, -0.25) is 9.48 Å². The van der Waals surface area contributed by atoms with Crippen LogP contribution >= 0.6 is 0 Å². The molecule has 3 aromatic rings. The summed E-state index contributed by atoms with van der Waals surface area (Å²) in [6.07, 6.45) is 3.01. The molecule has 33 heavy (non-hydrogen) atoms. The van der Waals surface area contributed by atoms with Gasteiger partial charge in [0.1, 0.15) is 5.39 Å². The van der Waals surface area contributed by atoms with Gasteiger partial charge in [-0.05, 0) is 50.1 Å². The Morgan fingerprint density at radius 2 is 2.03 bits per heavy atom. The fourth-order valence-corrected chi connectivity index (χ4v) is 6.06. The molecule has 0 amide bonds. The minimum Gasteiger partial charge on any atom is -0.379 e. The summed E-state index contributed by atoms with van der Waals surface area (Å²) in [5.74, 6) is 0.0588. The largest absolute Gasteiger partial charge is 0.379 e. The van der Waals surface area contributed by atoms with Crippen LogP contribution in [0.4, 0.5) is 11.5 Å². The van der Waals surface area contributed by atoms with E-state index in [0.29, 0.717) is 48.6 Å². The van der Waals surface area contributed by atoms with E-state index in [1.807, 2.05) is 6.92 Å². The molecule has 5 rings (SSSR count). The summed E-state index contributed by atoms with van der Waals surface area (Å²) in [6.45, 7) is 3.28. The summed E-state index contributed by atoms with van der Waals surface area (Å²) >= 11 is 0. The number of aromatic amines is 1. The standard InChI is InChI=1S/C22H24N6O4S/c1-14-7-10-27(14)33(30,31)17-4-2-16(3-5-17)25-21-20-18(6-9-24-22(20)29)28(26-21)19-13-32-11-8-15(19)12-23/h2-6,9,14-15,19H,7-8,10-11,13H2,1H3,(H,24,29)(H,25,26)/t14?,15?,19-/m0/s1. The molecule has 2 aliphatic heterocycles. The molecule has 2 aromatic heterocycles. The fraction of sp³-hybridized carbons (Fsp3) is 0.409. The highest BCUT2D eigenvalue weighted by molar-refractivity contribution is 7.89. The zero-order valence-electron chi connectivity index (χ0n) is 18.1. The zero-order valence-corrected chi connectivity index (χ0v) is 18.9. The predicted molar refractivity (Wildman–Crippen MR) is 122 cm³/mol. The van der Waals surface area contributed by atoms with E-state index in [4.69, 9.17) is 4.74 Å². The number of aromatic nitrogens is 3. The molecule has 2 unspecified atom stereocenters. The summed E-state index contributed by atoms with van der Waals surface area (Å²) in [5, 5.41) is 17.7. The maximum atomic E-state index is 12.8. The van der Waals surface area contributed by atoms with Crippen molar-refractivity contribution in [1.82, 2.24) is 19.1 Å². The van der Waals surface area contributed by atoms with Crippen molar-refractivity contribution in [3.05, 3.63) is 46.9 Å². The van der Waals surface area contributed by atoms with Crippen LogP contribution in [0, 0.1) is 17.2 Å². The van der Waals surface area contributed by atoms with Crippen molar-refractivity contribution in [2.24, 2.45) is 5.92 Å². The summed E-state index contributed by atoms with van der Waals surface area (Å²) < 4.78 is 34.3. The van der Waals surface area contributed by atoms with Crippen molar-refractivity contribution in [1.29, 1.82) is 5.26 Å². The number of nitrogens with one attached hydrogen (secondary N) is 2. The molecule has 2 saturated heterocycles. The van der Waals surface area contributed by atoms with Crippen LogP contribution in [-0.2, 0) is 14.8 Å². The van der Waals surface area contributed by atoms with Gasteiger partial charge in [0.25, 0.3) is 5.56 Å². The van der Waals surface area contributed by atoms with E-state index < -0.39 is 10.0 Å². The second-order valence-electron chi connectivity index (χ2n) is 8.43. The molecule has 0 radical (unpaired) electrons. The Morgan fingerprint density at radius 3 is 2.70 bits per heavy atom. The van der Waals surface area contributed by atoms with Crippen molar-refractivity contribution < 1.29 is 13.2 Å². The first-order valence-corrected chi connectivity index (χ1v) is 12.3. The number of anilines is 2. The summed E-state index contributed by atoms with van der Waals surface area (Å²) in [7, 11) is -3.52. The molecule has 0 bridgehead atoms. The maximum absolute atomic E-state index is 12.8. The number of nitrogens with zero attached hydrogens (tertiary/aromatic N) is 4. The lowest BCUT2D eigenvalue weighted by Gasteiger charge is -2.37. The van der Waals surface area contributed by atoms with Gasteiger partial charge in [0.15, 0.2) is 5.82 Å². The average Bonchev–Trinajstić information content (AvgIpc) is 3.17. The minimum atomic E-state index is -3.52. The highest BCUT2D eigenvalue weighted by Crippen LogP contribution is 2.32. The van der Waals surface area contributed by atoms with Gasteiger partial charge in [-0.1, -0.05) is 0 Å². The molecular formula is C22H24N6O4S. The molecule has 1 aromatic carbocycles. The molecule has 2 fully saturated rings. The minimum absolute atomic E-state index is 0.0101. The van der Waals surface area contributed by atoms with E-state index in [2.05, 4.69) is 21.5 Å². The van der Waals surface area contributed by atoms with Crippen molar-refractivity contribution in [2.75, 3.05) is 25.1 Å². The summed E-state index contributed by atoms with van der Waals surface area (Å²) in [4.78, 5) is 15.5. The number of benzene rings is 1. The third-order valence-electron chi connectivity index (χ3n) is 6.42. The molecule has 11 heteroatoms. The SMILES string of the molecule is CC1CCN1S(=O)(=O)c1ccc(Nc2nn([C@H]3COCCC3C#N)c3cc[nH]c(=O)c23)cc1. The van der Waals surface area contributed by atoms with Crippen molar-refractivity contribution in [3.8, 4) is 6.07 Å². The Balaban J connectivity index is 1.48. The van der Waals surface area contributed by atoms with Crippen LogP contribution in [0.5, 0.6) is 0 Å². The van der Waals surface area contributed by atoms with Crippen LogP contribution in [0.1, 0.15) is 25.8 Å². The Bertz CT molecular complexity index is 1390. The third kappa shape index (κ3) is 3.70. The first kappa shape index (κ1) is 21.6. The lowest BCUT2D eigenvalue weighted by molar-refractivity contribution is 0.0359. The molecule has 0 saturated carbocycles. The van der Waals surface area contributed by atoms with Crippen LogP contribution in [0.3, 0.4) is 0 Å². The molecular weight excluding hydrogens is 444 g/mol. The molecule has 172 valence electrons. The number of hydrogen-bond donors (Lipinski definition) is 2. The van der Waals surface area contributed by atoms with Gasteiger partial charge in [-0.2, -0.15) is 14.7 Å². The van der Waals surface area contributed by atoms with E-state index in [1.54, 1.807) is 41.2 Å². The number of ether oxygens (including phenoxy) is 1. The van der Waals surface area contributed by atoms with Crippen LogP contribution in [0.2, 0.25) is 0 Å². The number of H-pyrrole nitrogens is 1. The first-order chi connectivity index (χ1) is 15.9. The molecule has 0 aliphatic carbocycles. The molecule has 2 aliphatic rings. The van der Waals surface area contributed by atoms with Crippen LogP contribution in [0.25, 0.3) is 10.9 Å². The molecule has 4 heterocycles. The normalized spacial score (nSPS) is 23.7. The molecule has 3 atom stereocenters. The van der Waals surface area contributed by atoms with Gasteiger partial charge in [0.05, 0.1) is 35.0 Å². The van der Waals surface area contributed by atoms with Crippen LogP contribution < -0.4 is 10.9 Å². The molecule has 10 nitrogen and oxygen atoms in total. The van der Waals surface area contributed by atoms with Crippen molar-refractivity contribution in [2.45, 2.75) is 36.7 Å². The van der Waals surface area contributed by atoms with Gasteiger partial charge in [0.2, 0.25) is 10.0 Å². The smallest absolute Gasteiger partial charge is 0.261 e. The van der Waals surface area contributed by atoms with E-state index in [-0.39, 0.29) is 28.5 Å². The summed E-state index contributed by atoms with van der Waals surface area (Å²) in [6, 6.07) is 10.2. The van der Waals surface area contributed by atoms with E-state index in [9.17, 15) is 18.5 Å². The van der Waals surface area contributed by atoms with Gasteiger partial charge in [0, 0.05) is 31.1 Å². The van der Waals surface area contributed by atoms with E-state index in [0.717, 1.165) is 6.42 Å². The number of hydrogen-bond acceptors (Lipinski definition) is 7. The second-order valence-corrected chi connectivity index (χ2v) is 10.3. The number of fused-ring (bicyclic) bond motifs is 1. The quantitative estimate of drug-likeness (QED) is 0.587. The van der Waals surface area contributed by atoms with Gasteiger partial charge in [-0.25, -0.2) is 8.42 Å². The van der Waals surface area contributed by atoms with Gasteiger partial charge in [-0.15, -0.1) is 0 Å². The molecule has 0 spiro atoms. The van der Waals surface area contributed by atoms with E-state index >= 15 is 0 Å². The highest BCUT2D eigenvalue weighted by Gasteiger charge is 2.35. The maximum Gasteiger partial charge on any atom is 0.261 e. The Labute approximate surface area is 190 Å². The predicted octanol–water partition coefficient (Wildman–Crippen LogP) is 2.35. The van der Waals surface area contributed by atoms with Gasteiger partial charge >= 0.3 is 0 Å². The van der Waals surface area contributed by atoms with Crippen LogP contribution in [0.15, 0.2) is 46.2 Å². The van der Waals surface area contributed by atoms with Crippen LogP contribution in [-0.4, -0.2) is 53.3 Å². The third-order valence-corrected chi connectivity index (χ3v) is 8.45. The number of pyridine rings is 1. The lowest BCUT2D eigenvalue weighted by atomic mass is 9.96. The second kappa shape index (κ2) is 8.30. The zero-order chi connectivity index (χ0) is 23.2. The monoisotopic (exact) mass is 468 g/mol. The van der Waals surface area contributed by atoms with Crippen molar-refractivity contribution >= 4 is 32.4 Å². The highest BCUT2D eigenvalue weighted by atomic mass is 32.2. The number of rotatable bonds is 5. The summed E-state index contributed by atoms with van der Waals surface area (Å²) in [5.41, 5.74) is 0.887. The number of nitriles is 1. The Morgan fingerprint density at radius 1 is 1.24 bits per heavy atom. The Kier molecular flexibility index (Phi) is 5.44. The van der Waals surface area contributed by atoms with E-state index in [1.165, 1.54) is 4.31 Å². The average molecular weight is 469 g/mol. The van der Waals surface area contributed by atoms with Crippen molar-refractivity contribution in [3.63, 3.8) is 0 Å². The first-order valence-electron chi connectivity index (χ1n) is 10.9. The Hall–Kier alpha value is -3.20.